The lowest BCUT2D eigenvalue weighted by Crippen LogP contribution is -2.37. The molecular formula is C20H20BrClFNO2S. The average molecular weight is 473 g/mol. The minimum atomic E-state index is -1.45. The third-order valence-corrected chi connectivity index (χ3v) is 7.37. The van der Waals surface area contributed by atoms with Crippen LogP contribution in [0.1, 0.15) is 44.7 Å². The summed E-state index contributed by atoms with van der Waals surface area (Å²) >= 11 is 8.05. The van der Waals surface area contributed by atoms with Gasteiger partial charge in [-0.25, -0.2) is 4.39 Å². The maximum atomic E-state index is 14.2. The van der Waals surface area contributed by atoms with Gasteiger partial charge < -0.3 is 9.29 Å². The van der Waals surface area contributed by atoms with Crippen molar-refractivity contribution >= 4 is 45.1 Å². The van der Waals surface area contributed by atoms with Crippen LogP contribution in [0, 0.1) is 5.82 Å². The van der Waals surface area contributed by atoms with Gasteiger partial charge in [0.2, 0.25) is 0 Å². The number of hydrogen-bond acceptors (Lipinski definition) is 3. The molecule has 0 saturated carbocycles. The zero-order chi connectivity index (χ0) is 20.0. The maximum absolute atomic E-state index is 14.2. The fourth-order valence-corrected chi connectivity index (χ4v) is 4.52. The predicted molar refractivity (Wildman–Crippen MR) is 113 cm³/mol. The molecule has 0 aromatic heterocycles. The summed E-state index contributed by atoms with van der Waals surface area (Å²) in [5.41, 5.74) is 0.592. The van der Waals surface area contributed by atoms with Gasteiger partial charge in [0.1, 0.15) is 33.9 Å². The van der Waals surface area contributed by atoms with Gasteiger partial charge in [-0.1, -0.05) is 53.3 Å². The van der Waals surface area contributed by atoms with Crippen LogP contribution in [0.5, 0.6) is 5.75 Å². The molecule has 1 unspecified atom stereocenters. The van der Waals surface area contributed by atoms with Crippen molar-refractivity contribution < 1.29 is 13.7 Å². The van der Waals surface area contributed by atoms with E-state index in [1.165, 1.54) is 6.07 Å². The molecule has 0 aliphatic carbocycles. The molecule has 0 radical (unpaired) electrons. The summed E-state index contributed by atoms with van der Waals surface area (Å²) in [5, 5.41) is 0.0169. The quantitative estimate of drug-likeness (QED) is 0.305. The third-order valence-electron chi connectivity index (χ3n) is 4.61. The number of hydrogen-bond donors (Lipinski definition) is 0. The van der Waals surface area contributed by atoms with E-state index in [0.29, 0.717) is 10.2 Å². The molecule has 1 aliphatic rings. The second-order valence-corrected chi connectivity index (χ2v) is 10.6. The minimum absolute atomic E-state index is 0.0169. The van der Waals surface area contributed by atoms with Crippen molar-refractivity contribution in [3.05, 3.63) is 62.8 Å². The van der Waals surface area contributed by atoms with E-state index in [-0.39, 0.29) is 10.9 Å². The van der Waals surface area contributed by atoms with Crippen LogP contribution in [0.3, 0.4) is 0 Å². The first kappa shape index (κ1) is 20.6. The van der Waals surface area contributed by atoms with Gasteiger partial charge in [0.15, 0.2) is 5.60 Å². The lowest BCUT2D eigenvalue weighted by atomic mass is 9.81. The van der Waals surface area contributed by atoms with E-state index in [9.17, 15) is 8.94 Å². The highest BCUT2D eigenvalue weighted by molar-refractivity contribution is 9.10. The normalized spacial score (nSPS) is 23.3. The van der Waals surface area contributed by atoms with Gasteiger partial charge in [0.25, 0.3) is 0 Å². The van der Waals surface area contributed by atoms with Crippen LogP contribution < -0.4 is 4.74 Å². The highest BCUT2D eigenvalue weighted by Gasteiger charge is 2.49. The smallest absolute Gasteiger partial charge is 0.180 e. The molecule has 0 saturated heterocycles. The standard InChI is InChI=1S/C20H20BrClFNO2S/c1-12-16-15(10-14(23)18(22)17(16)21)26-20(12,13-8-6-5-7-9-13)11-24-27(25)19(2,3)4/h5-12H,1-4H3/b24-11+/t12-,20-,27?/m0/s1. The second kappa shape index (κ2) is 7.39. The molecule has 0 amide bonds. The van der Waals surface area contributed by atoms with Crippen LogP contribution in [0.25, 0.3) is 0 Å². The predicted octanol–water partition coefficient (Wildman–Crippen LogP) is 6.17. The molecule has 0 spiro atoms. The van der Waals surface area contributed by atoms with Crippen LogP contribution in [0.4, 0.5) is 4.39 Å². The largest absolute Gasteiger partial charge is 0.591 e. The zero-order valence-corrected chi connectivity index (χ0v) is 18.6. The van der Waals surface area contributed by atoms with Gasteiger partial charge >= 0.3 is 0 Å². The molecule has 27 heavy (non-hydrogen) atoms. The van der Waals surface area contributed by atoms with Gasteiger partial charge in [-0.05, 0) is 36.7 Å². The van der Waals surface area contributed by atoms with Crippen molar-refractivity contribution in [3.8, 4) is 5.75 Å². The van der Waals surface area contributed by atoms with Gasteiger partial charge in [-0.3, -0.25) is 0 Å². The molecule has 2 aromatic rings. The van der Waals surface area contributed by atoms with E-state index in [1.807, 2.05) is 58.0 Å². The Morgan fingerprint density at radius 2 is 1.96 bits per heavy atom. The Bertz CT molecular complexity index is 888. The van der Waals surface area contributed by atoms with Crippen LogP contribution in [-0.2, 0) is 17.0 Å². The van der Waals surface area contributed by atoms with Gasteiger partial charge in [-0.2, -0.15) is 0 Å². The molecule has 1 aliphatic heterocycles. The Balaban J connectivity index is 2.16. The Morgan fingerprint density at radius 3 is 2.56 bits per heavy atom. The Kier molecular flexibility index (Phi) is 5.65. The Labute approximate surface area is 175 Å². The molecule has 0 bridgehead atoms. The van der Waals surface area contributed by atoms with Crippen LogP contribution >= 0.6 is 27.5 Å². The molecular weight excluding hydrogens is 453 g/mol. The fraction of sp³-hybridized carbons (Fsp3) is 0.350. The Hall–Kier alpha value is -1.08. The van der Waals surface area contributed by atoms with E-state index < -0.39 is 27.5 Å². The number of fused-ring (bicyclic) bond motifs is 1. The summed E-state index contributed by atoms with van der Waals surface area (Å²) in [5.74, 6) is -0.398. The SMILES string of the molecule is C[C@H]1c2c(cc(F)c(Cl)c2Br)O[C@]1(/C=N/[S+]([O-])C(C)(C)C)c1ccccc1. The molecule has 3 nitrogen and oxygen atoms in total. The summed E-state index contributed by atoms with van der Waals surface area (Å²) in [7, 11) is 0. The lowest BCUT2D eigenvalue weighted by molar-refractivity contribution is 0.154. The Morgan fingerprint density at radius 1 is 1.33 bits per heavy atom. The summed E-state index contributed by atoms with van der Waals surface area (Å²) in [6.45, 7) is 7.53. The van der Waals surface area contributed by atoms with E-state index in [1.54, 1.807) is 6.21 Å². The van der Waals surface area contributed by atoms with Gasteiger partial charge in [-0.15, -0.1) is 0 Å². The van der Waals surface area contributed by atoms with E-state index >= 15 is 0 Å². The molecule has 7 heteroatoms. The average Bonchev–Trinajstić information content (AvgIpc) is 2.90. The molecule has 0 N–H and O–H groups in total. The molecule has 3 rings (SSSR count). The van der Waals surface area contributed by atoms with Crippen LogP contribution in [0.2, 0.25) is 5.02 Å². The van der Waals surface area contributed by atoms with E-state index in [0.717, 1.165) is 11.1 Å². The fourth-order valence-electron chi connectivity index (χ4n) is 3.06. The van der Waals surface area contributed by atoms with Crippen LogP contribution in [0.15, 0.2) is 45.3 Å². The number of halogens is 3. The molecule has 144 valence electrons. The van der Waals surface area contributed by atoms with Crippen molar-refractivity contribution in [2.24, 2.45) is 4.40 Å². The number of nitrogens with zero attached hydrogens (tertiary/aromatic N) is 1. The van der Waals surface area contributed by atoms with Crippen molar-refractivity contribution in [3.63, 3.8) is 0 Å². The zero-order valence-electron chi connectivity index (χ0n) is 15.4. The van der Waals surface area contributed by atoms with E-state index in [2.05, 4.69) is 20.3 Å². The summed E-state index contributed by atoms with van der Waals surface area (Å²) < 4.78 is 37.2. The first-order chi connectivity index (χ1) is 12.6. The highest BCUT2D eigenvalue weighted by atomic mass is 79.9. The van der Waals surface area contributed by atoms with Crippen molar-refractivity contribution in [2.45, 2.75) is 44.0 Å². The second-order valence-electron chi connectivity index (χ2n) is 7.48. The first-order valence-corrected chi connectivity index (χ1v) is 10.7. The summed E-state index contributed by atoms with van der Waals surface area (Å²) in [6.07, 6.45) is 1.59. The minimum Gasteiger partial charge on any atom is -0.591 e. The third kappa shape index (κ3) is 3.65. The molecule has 1 heterocycles. The lowest BCUT2D eigenvalue weighted by Gasteiger charge is -2.30. The van der Waals surface area contributed by atoms with Crippen molar-refractivity contribution in [1.29, 1.82) is 0 Å². The molecule has 0 fully saturated rings. The van der Waals surface area contributed by atoms with Gasteiger partial charge in [0.05, 0.1) is 5.02 Å². The number of ether oxygens (including phenoxy) is 1. The van der Waals surface area contributed by atoms with Crippen LogP contribution in [-0.4, -0.2) is 15.5 Å². The van der Waals surface area contributed by atoms with Crippen molar-refractivity contribution in [2.75, 3.05) is 0 Å². The summed E-state index contributed by atoms with van der Waals surface area (Å²) in [4.78, 5) is 0. The summed E-state index contributed by atoms with van der Waals surface area (Å²) in [6, 6.07) is 10.8. The number of benzene rings is 2. The first-order valence-electron chi connectivity index (χ1n) is 8.47. The van der Waals surface area contributed by atoms with Crippen molar-refractivity contribution in [1.82, 2.24) is 0 Å². The van der Waals surface area contributed by atoms with Gasteiger partial charge in [0, 0.05) is 27.6 Å². The number of rotatable bonds is 3. The topological polar surface area (TPSA) is 44.6 Å². The molecule has 2 aromatic carbocycles. The maximum Gasteiger partial charge on any atom is 0.180 e. The highest BCUT2D eigenvalue weighted by Crippen LogP contribution is 2.54. The molecule has 3 atom stereocenters. The van der Waals surface area contributed by atoms with E-state index in [4.69, 9.17) is 16.3 Å². The monoisotopic (exact) mass is 471 g/mol.